The normalized spacial score (nSPS) is 12.2. The Morgan fingerprint density at radius 1 is 1.19 bits per heavy atom. The quantitative estimate of drug-likeness (QED) is 0.835. The van der Waals surface area contributed by atoms with Crippen molar-refractivity contribution in [2.45, 2.75) is 25.8 Å². The van der Waals surface area contributed by atoms with Crippen molar-refractivity contribution in [2.24, 2.45) is 5.73 Å². The third kappa shape index (κ3) is 4.02. The Balaban J connectivity index is 2.33. The third-order valence-electron chi connectivity index (χ3n) is 3.18. The van der Waals surface area contributed by atoms with Crippen LogP contribution in [0.15, 0.2) is 40.9 Å². The highest BCUT2D eigenvalue weighted by molar-refractivity contribution is 9.10. The molecular weight excluding hydrogens is 340 g/mol. The molecule has 0 heterocycles. The number of halogens is 3. The summed E-state index contributed by atoms with van der Waals surface area (Å²) in [7, 11) is 0. The maximum Gasteiger partial charge on any atom is 0.141 e. The Bertz CT molecular complexity index is 634. The minimum Gasteiger partial charge on any atom is -0.456 e. The van der Waals surface area contributed by atoms with Gasteiger partial charge in [-0.05, 0) is 59.1 Å². The summed E-state index contributed by atoms with van der Waals surface area (Å²) in [6.45, 7) is 1.95. The van der Waals surface area contributed by atoms with Gasteiger partial charge in [0.05, 0.1) is 4.47 Å². The van der Waals surface area contributed by atoms with Crippen LogP contribution in [-0.4, -0.2) is 6.04 Å². The van der Waals surface area contributed by atoms with Gasteiger partial charge in [-0.1, -0.05) is 13.0 Å². The molecule has 21 heavy (non-hydrogen) atoms. The zero-order chi connectivity index (χ0) is 15.4. The molecule has 0 fully saturated rings. The molecular formula is C16H16BrF2NO. The Morgan fingerprint density at radius 2 is 1.95 bits per heavy atom. The lowest BCUT2D eigenvalue weighted by Crippen LogP contribution is -2.22. The van der Waals surface area contributed by atoms with Gasteiger partial charge in [0, 0.05) is 11.6 Å². The van der Waals surface area contributed by atoms with E-state index in [1.54, 1.807) is 12.1 Å². The van der Waals surface area contributed by atoms with Gasteiger partial charge in [0.1, 0.15) is 23.1 Å². The summed E-state index contributed by atoms with van der Waals surface area (Å²) < 4.78 is 33.3. The van der Waals surface area contributed by atoms with Crippen molar-refractivity contribution in [2.75, 3.05) is 0 Å². The number of hydrogen-bond acceptors (Lipinski definition) is 2. The molecule has 5 heteroatoms. The van der Waals surface area contributed by atoms with Crippen LogP contribution in [0.3, 0.4) is 0 Å². The maximum atomic E-state index is 14.0. The van der Waals surface area contributed by atoms with Crippen LogP contribution in [0, 0.1) is 11.6 Å². The third-order valence-corrected chi connectivity index (χ3v) is 3.80. The van der Waals surface area contributed by atoms with E-state index in [0.29, 0.717) is 28.0 Å². The first kappa shape index (κ1) is 15.9. The number of rotatable bonds is 5. The molecule has 0 amide bonds. The second-order valence-corrected chi connectivity index (χ2v) is 5.62. The molecule has 0 aliphatic carbocycles. The Labute approximate surface area is 131 Å². The summed E-state index contributed by atoms with van der Waals surface area (Å²) in [6, 6.07) is 8.57. The van der Waals surface area contributed by atoms with Gasteiger partial charge in [-0.2, -0.15) is 0 Å². The van der Waals surface area contributed by atoms with Gasteiger partial charge < -0.3 is 10.5 Å². The second-order valence-electron chi connectivity index (χ2n) is 4.77. The van der Waals surface area contributed by atoms with Crippen LogP contribution in [0.1, 0.15) is 18.9 Å². The van der Waals surface area contributed by atoms with E-state index in [1.807, 2.05) is 6.92 Å². The van der Waals surface area contributed by atoms with Gasteiger partial charge in [-0.25, -0.2) is 8.78 Å². The van der Waals surface area contributed by atoms with Crippen molar-refractivity contribution in [3.8, 4) is 11.5 Å². The number of nitrogens with two attached hydrogens (primary N) is 1. The minimum atomic E-state index is -0.373. The first-order valence-corrected chi connectivity index (χ1v) is 7.46. The molecule has 0 radical (unpaired) electrons. The molecule has 1 unspecified atom stereocenters. The summed E-state index contributed by atoms with van der Waals surface area (Å²) >= 11 is 3.23. The predicted molar refractivity (Wildman–Crippen MR) is 82.5 cm³/mol. The summed E-state index contributed by atoms with van der Waals surface area (Å²) in [5.74, 6) is 0.0934. The van der Waals surface area contributed by atoms with E-state index in [1.165, 1.54) is 24.3 Å². The molecule has 112 valence electrons. The van der Waals surface area contributed by atoms with Crippen molar-refractivity contribution < 1.29 is 13.5 Å². The summed E-state index contributed by atoms with van der Waals surface area (Å²) in [4.78, 5) is 0. The molecule has 0 bridgehead atoms. The van der Waals surface area contributed by atoms with E-state index in [9.17, 15) is 8.78 Å². The number of hydrogen-bond donors (Lipinski definition) is 1. The number of ether oxygens (including phenoxy) is 1. The van der Waals surface area contributed by atoms with E-state index >= 15 is 0 Å². The zero-order valence-corrected chi connectivity index (χ0v) is 13.2. The van der Waals surface area contributed by atoms with Crippen LogP contribution in [-0.2, 0) is 6.42 Å². The van der Waals surface area contributed by atoms with Crippen molar-refractivity contribution >= 4 is 15.9 Å². The average Bonchev–Trinajstić information content (AvgIpc) is 2.45. The van der Waals surface area contributed by atoms with Crippen LogP contribution in [0.5, 0.6) is 11.5 Å². The molecule has 2 aromatic rings. The number of benzene rings is 2. The molecule has 1 atom stereocenters. The Kier molecular flexibility index (Phi) is 5.31. The summed E-state index contributed by atoms with van der Waals surface area (Å²) in [5.41, 5.74) is 6.34. The largest absolute Gasteiger partial charge is 0.456 e. The average molecular weight is 356 g/mol. The fourth-order valence-corrected chi connectivity index (χ4v) is 2.35. The van der Waals surface area contributed by atoms with Crippen molar-refractivity contribution in [1.29, 1.82) is 0 Å². The zero-order valence-electron chi connectivity index (χ0n) is 11.6. The lowest BCUT2D eigenvalue weighted by molar-refractivity contribution is 0.457. The molecule has 2 nitrogen and oxygen atoms in total. The van der Waals surface area contributed by atoms with Crippen LogP contribution >= 0.6 is 15.9 Å². The van der Waals surface area contributed by atoms with Gasteiger partial charge >= 0.3 is 0 Å². The topological polar surface area (TPSA) is 35.2 Å². The van der Waals surface area contributed by atoms with E-state index in [2.05, 4.69) is 15.9 Å². The molecule has 2 rings (SSSR count). The molecule has 2 N–H and O–H groups in total. The SMILES string of the molecule is CCC(N)Cc1c(F)cccc1Oc1ccc(F)cc1Br. The van der Waals surface area contributed by atoms with E-state index < -0.39 is 0 Å². The van der Waals surface area contributed by atoms with Gasteiger partial charge in [0.25, 0.3) is 0 Å². The van der Waals surface area contributed by atoms with Gasteiger partial charge in [-0.15, -0.1) is 0 Å². The summed E-state index contributed by atoms with van der Waals surface area (Å²) in [6.07, 6.45) is 1.13. The van der Waals surface area contributed by atoms with Crippen molar-refractivity contribution in [3.05, 3.63) is 58.1 Å². The molecule has 0 aromatic heterocycles. The monoisotopic (exact) mass is 355 g/mol. The Hall–Kier alpha value is -1.46. The van der Waals surface area contributed by atoms with Crippen LogP contribution in [0.4, 0.5) is 8.78 Å². The molecule has 2 aromatic carbocycles. The van der Waals surface area contributed by atoms with Crippen LogP contribution in [0.2, 0.25) is 0 Å². The van der Waals surface area contributed by atoms with E-state index in [0.717, 1.165) is 6.42 Å². The van der Waals surface area contributed by atoms with E-state index in [4.69, 9.17) is 10.5 Å². The smallest absolute Gasteiger partial charge is 0.141 e. The lowest BCUT2D eigenvalue weighted by Gasteiger charge is -2.15. The highest BCUT2D eigenvalue weighted by Gasteiger charge is 2.14. The van der Waals surface area contributed by atoms with Gasteiger partial charge in [0.15, 0.2) is 0 Å². The molecule has 0 spiro atoms. The summed E-state index contributed by atoms with van der Waals surface area (Å²) in [5, 5.41) is 0. The standard InChI is InChI=1S/C16H16BrF2NO/c1-2-11(20)9-12-14(19)4-3-5-15(12)21-16-7-6-10(18)8-13(16)17/h3-8,11H,2,9,20H2,1H3. The molecule has 0 aliphatic rings. The highest BCUT2D eigenvalue weighted by Crippen LogP contribution is 2.33. The maximum absolute atomic E-state index is 14.0. The molecule has 0 saturated carbocycles. The molecule has 0 saturated heterocycles. The van der Waals surface area contributed by atoms with Crippen LogP contribution in [0.25, 0.3) is 0 Å². The minimum absolute atomic E-state index is 0.138. The van der Waals surface area contributed by atoms with Crippen molar-refractivity contribution in [3.63, 3.8) is 0 Å². The Morgan fingerprint density at radius 3 is 2.62 bits per heavy atom. The van der Waals surface area contributed by atoms with Crippen molar-refractivity contribution in [1.82, 2.24) is 0 Å². The lowest BCUT2D eigenvalue weighted by atomic mass is 10.0. The second kappa shape index (κ2) is 7.00. The van der Waals surface area contributed by atoms with Gasteiger partial charge in [0.2, 0.25) is 0 Å². The fraction of sp³-hybridized carbons (Fsp3) is 0.250. The first-order chi connectivity index (χ1) is 10.0. The van der Waals surface area contributed by atoms with E-state index in [-0.39, 0.29) is 17.7 Å². The molecule has 0 aliphatic heterocycles. The van der Waals surface area contributed by atoms with Crippen LogP contribution < -0.4 is 10.5 Å². The van der Waals surface area contributed by atoms with Gasteiger partial charge in [-0.3, -0.25) is 0 Å². The predicted octanol–water partition coefficient (Wildman–Crippen LogP) is 4.80. The fourth-order valence-electron chi connectivity index (χ4n) is 1.92. The first-order valence-electron chi connectivity index (χ1n) is 6.67. The highest BCUT2D eigenvalue weighted by atomic mass is 79.9.